The van der Waals surface area contributed by atoms with Crippen molar-refractivity contribution in [3.63, 3.8) is 0 Å². The molecule has 2 aromatic heterocycles. The van der Waals surface area contributed by atoms with E-state index in [1.54, 1.807) is 4.57 Å². The van der Waals surface area contributed by atoms with Crippen LogP contribution in [0.3, 0.4) is 0 Å². The second-order valence-corrected chi connectivity index (χ2v) is 11.3. The van der Waals surface area contributed by atoms with E-state index in [9.17, 15) is 15.0 Å². The van der Waals surface area contributed by atoms with Gasteiger partial charge in [-0.15, -0.1) is 0 Å². The van der Waals surface area contributed by atoms with E-state index in [1.165, 1.54) is 0 Å². The van der Waals surface area contributed by atoms with Crippen molar-refractivity contribution in [3.05, 3.63) is 106 Å². The Hall–Kier alpha value is -4.76. The number of rotatable bonds is 9. The number of benzene rings is 3. The molecule has 9 heteroatoms. The van der Waals surface area contributed by atoms with E-state index < -0.39 is 6.08 Å². The van der Waals surface area contributed by atoms with E-state index in [0.717, 1.165) is 65.9 Å². The zero-order valence-electron chi connectivity index (χ0n) is 24.9. The van der Waals surface area contributed by atoms with E-state index in [1.807, 2.05) is 79.7 Å². The summed E-state index contributed by atoms with van der Waals surface area (Å²) < 4.78 is 12.5. The average molecular weight is 592 g/mol. The first kappa shape index (κ1) is 29.3. The smallest absolute Gasteiger partial charge is 0.261 e. The Morgan fingerprint density at radius 1 is 0.955 bits per heavy atom. The van der Waals surface area contributed by atoms with Crippen molar-refractivity contribution in [2.75, 3.05) is 0 Å². The quantitative estimate of drug-likeness (QED) is 0.236. The van der Waals surface area contributed by atoms with Crippen molar-refractivity contribution in [3.8, 4) is 40.0 Å². The molecule has 44 heavy (non-hydrogen) atoms. The predicted molar refractivity (Wildman–Crippen MR) is 165 cm³/mol. The highest BCUT2D eigenvalue weighted by molar-refractivity contribution is 5.80. The lowest BCUT2D eigenvalue weighted by molar-refractivity contribution is -0.303. The molecule has 226 valence electrons. The Morgan fingerprint density at radius 3 is 2.32 bits per heavy atom. The molecule has 1 saturated carbocycles. The maximum absolute atomic E-state index is 14.0. The predicted octanol–water partition coefficient (Wildman–Crippen LogP) is 5.56. The summed E-state index contributed by atoms with van der Waals surface area (Å²) in [6, 6.07) is 23.2. The van der Waals surface area contributed by atoms with Crippen LogP contribution in [0.5, 0.6) is 11.8 Å². The van der Waals surface area contributed by atoms with Gasteiger partial charge in [0.15, 0.2) is 11.9 Å². The fourth-order valence-corrected chi connectivity index (χ4v) is 5.93. The van der Waals surface area contributed by atoms with Gasteiger partial charge in [-0.25, -0.2) is 9.97 Å². The fraction of sp³-hybridized carbons (Fsp3) is 0.314. The Balaban J connectivity index is 1.27. The number of aliphatic hydroxyl groups is 1. The number of nitrogens with zero attached hydrogens (tertiary/aromatic N) is 4. The van der Waals surface area contributed by atoms with E-state index in [-0.39, 0.29) is 23.6 Å². The zero-order valence-corrected chi connectivity index (χ0v) is 24.9. The monoisotopic (exact) mass is 591 g/mol. The molecule has 0 radical (unpaired) electrons. The number of aliphatic hydroxyl groups excluding tert-OH is 1. The standard InChI is InChI=1S/C35H36N4O5/c1-3-6-32-31(21-23-9-11-24(12-10-23)29-7-4-5-8-30(29)33-37-35(42)44-38-33)34(41)39(22(2)36-32)25-13-17-27(18-14-25)43-28-19-15-26(40)16-20-28/h4-5,7-14,17-18,26,28,40H,3,6,15-16,19-21H2,1-2H3,(H,37,38,42)/p-1. The van der Waals surface area contributed by atoms with Gasteiger partial charge in [-0.3, -0.25) is 9.36 Å². The largest absolute Gasteiger partial charge is 0.528 e. The van der Waals surface area contributed by atoms with Crippen molar-refractivity contribution < 1.29 is 19.5 Å². The second-order valence-electron chi connectivity index (χ2n) is 11.3. The van der Waals surface area contributed by atoms with Crippen molar-refractivity contribution >= 4 is 0 Å². The molecule has 1 fully saturated rings. The Morgan fingerprint density at radius 2 is 1.66 bits per heavy atom. The molecule has 0 unspecified atom stereocenters. The van der Waals surface area contributed by atoms with E-state index >= 15 is 0 Å². The highest BCUT2D eigenvalue weighted by Gasteiger charge is 2.21. The molecular formula is C35H35N4O5-. The lowest BCUT2D eigenvalue weighted by Gasteiger charge is -2.26. The molecule has 0 saturated heterocycles. The third-order valence-corrected chi connectivity index (χ3v) is 8.18. The molecule has 1 N–H and O–H groups in total. The zero-order chi connectivity index (χ0) is 30.6. The molecule has 1 aliphatic carbocycles. The van der Waals surface area contributed by atoms with Crippen molar-refractivity contribution in [1.29, 1.82) is 0 Å². The fourth-order valence-electron chi connectivity index (χ4n) is 5.93. The first-order valence-corrected chi connectivity index (χ1v) is 15.2. The van der Waals surface area contributed by atoms with Crippen LogP contribution in [0.2, 0.25) is 0 Å². The van der Waals surface area contributed by atoms with Crippen LogP contribution >= 0.6 is 0 Å². The number of ether oxygens (including phenoxy) is 1. The molecule has 0 aliphatic heterocycles. The highest BCUT2D eigenvalue weighted by atomic mass is 16.6. The normalized spacial score (nSPS) is 16.6. The molecule has 9 nitrogen and oxygen atoms in total. The molecule has 3 aromatic carbocycles. The van der Waals surface area contributed by atoms with Crippen LogP contribution < -0.4 is 15.4 Å². The highest BCUT2D eigenvalue weighted by Crippen LogP contribution is 2.31. The molecule has 2 heterocycles. The van der Waals surface area contributed by atoms with Gasteiger partial charge in [-0.1, -0.05) is 61.9 Å². The van der Waals surface area contributed by atoms with Crippen LogP contribution in [0.15, 0.2) is 82.1 Å². The van der Waals surface area contributed by atoms with Crippen molar-refractivity contribution in [1.82, 2.24) is 19.7 Å². The Kier molecular flexibility index (Phi) is 8.56. The van der Waals surface area contributed by atoms with Gasteiger partial charge in [0.2, 0.25) is 0 Å². The van der Waals surface area contributed by atoms with Gasteiger partial charge >= 0.3 is 0 Å². The Labute approximate surface area is 255 Å². The number of aromatic nitrogens is 4. The van der Waals surface area contributed by atoms with Crippen LogP contribution in [0.4, 0.5) is 0 Å². The minimum atomic E-state index is -0.726. The lowest BCUT2D eigenvalue weighted by atomic mass is 9.95. The summed E-state index contributed by atoms with van der Waals surface area (Å²) in [6.45, 7) is 3.96. The first-order chi connectivity index (χ1) is 21.4. The molecule has 6 rings (SSSR count). The molecule has 0 atom stereocenters. The summed E-state index contributed by atoms with van der Waals surface area (Å²) >= 11 is 0. The SMILES string of the molecule is CCCc1nc(C)n(-c2ccc(OC3CCC(O)CC3)cc2)c(=O)c1Cc1ccc(-c2ccccc2-c2noc([O-])n2)cc1. The summed E-state index contributed by atoms with van der Waals surface area (Å²) in [5.41, 5.74) is 5.67. The van der Waals surface area contributed by atoms with Gasteiger partial charge < -0.3 is 19.5 Å². The molecule has 0 spiro atoms. The van der Waals surface area contributed by atoms with Crippen LogP contribution in [0.25, 0.3) is 28.2 Å². The molecule has 5 aromatic rings. The molecule has 0 amide bonds. The van der Waals surface area contributed by atoms with Gasteiger partial charge in [-0.05, 0) is 80.0 Å². The summed E-state index contributed by atoms with van der Waals surface area (Å²) in [5, 5.41) is 25.1. The van der Waals surface area contributed by atoms with Gasteiger partial charge in [0, 0.05) is 17.5 Å². The van der Waals surface area contributed by atoms with E-state index in [2.05, 4.69) is 21.6 Å². The van der Waals surface area contributed by atoms with Gasteiger partial charge in [0.05, 0.1) is 23.6 Å². The van der Waals surface area contributed by atoms with Crippen LogP contribution in [-0.2, 0) is 12.8 Å². The van der Waals surface area contributed by atoms with Gasteiger partial charge in [0.25, 0.3) is 5.56 Å². The van der Waals surface area contributed by atoms with Gasteiger partial charge in [0.1, 0.15) is 11.6 Å². The Bertz CT molecular complexity index is 1790. The third-order valence-electron chi connectivity index (χ3n) is 8.18. The van der Waals surface area contributed by atoms with E-state index in [4.69, 9.17) is 9.72 Å². The number of hydrogen-bond donors (Lipinski definition) is 1. The van der Waals surface area contributed by atoms with Crippen LogP contribution in [0, 0.1) is 6.92 Å². The van der Waals surface area contributed by atoms with Crippen LogP contribution in [0.1, 0.15) is 61.7 Å². The number of hydrogen-bond acceptors (Lipinski definition) is 8. The first-order valence-electron chi connectivity index (χ1n) is 15.2. The van der Waals surface area contributed by atoms with Crippen molar-refractivity contribution in [2.24, 2.45) is 0 Å². The average Bonchev–Trinajstić information content (AvgIpc) is 3.47. The number of aryl methyl sites for hydroxylation is 2. The maximum atomic E-state index is 14.0. The minimum Gasteiger partial charge on any atom is -0.528 e. The minimum absolute atomic E-state index is 0.0733. The third kappa shape index (κ3) is 6.28. The maximum Gasteiger partial charge on any atom is 0.261 e. The second kappa shape index (κ2) is 12.9. The topological polar surface area (TPSA) is 126 Å². The summed E-state index contributed by atoms with van der Waals surface area (Å²) in [5.74, 6) is 1.65. The summed E-state index contributed by atoms with van der Waals surface area (Å²) in [7, 11) is 0. The molecular weight excluding hydrogens is 556 g/mol. The van der Waals surface area contributed by atoms with Gasteiger partial charge in [-0.2, -0.15) is 5.16 Å². The van der Waals surface area contributed by atoms with Crippen molar-refractivity contribution in [2.45, 2.75) is 71.0 Å². The molecule has 1 aliphatic rings. The van der Waals surface area contributed by atoms with Crippen LogP contribution in [-0.4, -0.2) is 37.0 Å². The molecule has 0 bridgehead atoms. The van der Waals surface area contributed by atoms with E-state index in [0.29, 0.717) is 29.8 Å². The summed E-state index contributed by atoms with van der Waals surface area (Å²) in [4.78, 5) is 22.8. The lowest BCUT2D eigenvalue weighted by Crippen LogP contribution is -2.28. The summed E-state index contributed by atoms with van der Waals surface area (Å²) in [6.07, 6.45) is 4.38.